The van der Waals surface area contributed by atoms with Crippen LogP contribution in [0.5, 0.6) is 5.75 Å². The number of hydrogen-bond acceptors (Lipinski definition) is 4. The van der Waals surface area contributed by atoms with Crippen molar-refractivity contribution in [3.63, 3.8) is 0 Å². The Morgan fingerprint density at radius 1 is 1.00 bits per heavy atom. The minimum Gasteiger partial charge on any atom is -0.497 e. The van der Waals surface area contributed by atoms with E-state index in [1.54, 1.807) is 36.4 Å². The number of carbonyl (C=O) groups excluding carboxylic acids is 2. The molecule has 0 aliphatic carbocycles. The number of carbonyl (C=O) groups is 2. The Balaban J connectivity index is 1.72. The molecule has 0 unspecified atom stereocenters. The van der Waals surface area contributed by atoms with Crippen LogP contribution in [0, 0.1) is 5.82 Å². The molecule has 3 aromatic rings. The van der Waals surface area contributed by atoms with Gasteiger partial charge < -0.3 is 15.4 Å². The maximum atomic E-state index is 13.1. The zero-order valence-electron chi connectivity index (χ0n) is 15.9. The number of halogens is 1. The van der Waals surface area contributed by atoms with Crippen LogP contribution in [0.1, 0.15) is 11.8 Å². The molecule has 0 saturated carbocycles. The SMILES string of the molecule is COc1ccc(NC(C)=O)c(NC(=O)/C=C/c2ccc(-c3ccc(F)cc3)s2)c1. The summed E-state index contributed by atoms with van der Waals surface area (Å²) in [5.41, 5.74) is 1.83. The molecule has 2 aromatic carbocycles. The number of anilines is 2. The Labute approximate surface area is 171 Å². The second-order valence-corrected chi connectivity index (χ2v) is 7.24. The molecular weight excluding hydrogens is 391 g/mol. The molecule has 0 aliphatic rings. The van der Waals surface area contributed by atoms with Gasteiger partial charge in [-0.15, -0.1) is 11.3 Å². The van der Waals surface area contributed by atoms with Crippen molar-refractivity contribution in [3.8, 4) is 16.2 Å². The number of rotatable bonds is 6. The number of amides is 2. The zero-order valence-corrected chi connectivity index (χ0v) is 16.7. The predicted molar refractivity (Wildman–Crippen MR) is 115 cm³/mol. The lowest BCUT2D eigenvalue weighted by atomic mass is 10.2. The summed E-state index contributed by atoms with van der Waals surface area (Å²) < 4.78 is 18.2. The van der Waals surface area contributed by atoms with E-state index in [9.17, 15) is 14.0 Å². The zero-order chi connectivity index (χ0) is 20.8. The Morgan fingerprint density at radius 3 is 2.45 bits per heavy atom. The van der Waals surface area contributed by atoms with E-state index in [0.717, 1.165) is 15.3 Å². The molecule has 2 amide bonds. The van der Waals surface area contributed by atoms with E-state index in [1.165, 1.54) is 43.6 Å². The van der Waals surface area contributed by atoms with Crippen molar-refractivity contribution in [2.45, 2.75) is 6.92 Å². The van der Waals surface area contributed by atoms with Crippen LogP contribution in [0.2, 0.25) is 0 Å². The van der Waals surface area contributed by atoms with E-state index < -0.39 is 0 Å². The first-order valence-electron chi connectivity index (χ1n) is 8.75. The Hall–Kier alpha value is -3.45. The van der Waals surface area contributed by atoms with E-state index in [0.29, 0.717) is 17.1 Å². The molecule has 2 N–H and O–H groups in total. The van der Waals surface area contributed by atoms with E-state index >= 15 is 0 Å². The van der Waals surface area contributed by atoms with Gasteiger partial charge in [-0.3, -0.25) is 9.59 Å². The number of nitrogens with one attached hydrogen (secondary N) is 2. The van der Waals surface area contributed by atoms with Gasteiger partial charge in [0.25, 0.3) is 0 Å². The summed E-state index contributed by atoms with van der Waals surface area (Å²) in [4.78, 5) is 25.6. The van der Waals surface area contributed by atoms with Crippen molar-refractivity contribution >= 4 is 40.6 Å². The highest BCUT2D eigenvalue weighted by Crippen LogP contribution is 2.29. The van der Waals surface area contributed by atoms with Gasteiger partial charge in [0.2, 0.25) is 11.8 Å². The minimum absolute atomic E-state index is 0.242. The Morgan fingerprint density at radius 2 is 1.76 bits per heavy atom. The fourth-order valence-electron chi connectivity index (χ4n) is 2.60. The summed E-state index contributed by atoms with van der Waals surface area (Å²) in [5, 5.41) is 5.42. The van der Waals surface area contributed by atoms with Crippen molar-refractivity contribution in [2.75, 3.05) is 17.7 Å². The highest BCUT2D eigenvalue weighted by Gasteiger charge is 2.09. The van der Waals surface area contributed by atoms with Gasteiger partial charge in [-0.25, -0.2) is 4.39 Å². The number of hydrogen-bond donors (Lipinski definition) is 2. The average Bonchev–Trinajstić information content (AvgIpc) is 3.17. The molecule has 7 heteroatoms. The molecule has 5 nitrogen and oxygen atoms in total. The van der Waals surface area contributed by atoms with Gasteiger partial charge >= 0.3 is 0 Å². The summed E-state index contributed by atoms with van der Waals surface area (Å²) in [7, 11) is 1.52. The second-order valence-electron chi connectivity index (χ2n) is 6.12. The lowest BCUT2D eigenvalue weighted by molar-refractivity contribution is -0.114. The molecule has 0 saturated heterocycles. The maximum Gasteiger partial charge on any atom is 0.248 e. The normalized spacial score (nSPS) is 10.7. The largest absolute Gasteiger partial charge is 0.497 e. The molecule has 3 rings (SSSR count). The molecule has 148 valence electrons. The lowest BCUT2D eigenvalue weighted by Crippen LogP contribution is -2.13. The fraction of sp³-hybridized carbons (Fsp3) is 0.0909. The smallest absolute Gasteiger partial charge is 0.248 e. The van der Waals surface area contributed by atoms with Crippen molar-refractivity contribution in [1.82, 2.24) is 0 Å². The van der Waals surface area contributed by atoms with Gasteiger partial charge in [-0.2, -0.15) is 0 Å². The first kappa shape index (κ1) is 20.3. The second kappa shape index (κ2) is 9.16. The third-order valence-electron chi connectivity index (χ3n) is 3.95. The van der Waals surface area contributed by atoms with Gasteiger partial charge in [-0.05, 0) is 48.0 Å². The third-order valence-corrected chi connectivity index (χ3v) is 5.05. The van der Waals surface area contributed by atoms with Crippen LogP contribution in [0.4, 0.5) is 15.8 Å². The Bertz CT molecular complexity index is 1060. The number of methoxy groups -OCH3 is 1. The number of benzene rings is 2. The topological polar surface area (TPSA) is 67.4 Å². The van der Waals surface area contributed by atoms with Crippen LogP contribution in [-0.2, 0) is 9.59 Å². The Kier molecular flexibility index (Phi) is 6.41. The highest BCUT2D eigenvalue weighted by atomic mass is 32.1. The highest BCUT2D eigenvalue weighted by molar-refractivity contribution is 7.16. The maximum absolute atomic E-state index is 13.1. The molecule has 29 heavy (non-hydrogen) atoms. The van der Waals surface area contributed by atoms with E-state index in [2.05, 4.69) is 10.6 Å². The summed E-state index contributed by atoms with van der Waals surface area (Å²) in [6.07, 6.45) is 3.11. The molecule has 0 fully saturated rings. The standard InChI is InChI=1S/C22H19FN2O3S/c1-14(26)24-19-10-7-17(28-2)13-20(19)25-22(27)12-9-18-8-11-21(29-18)15-3-5-16(23)6-4-15/h3-13H,1-2H3,(H,24,26)(H,25,27)/b12-9+. The van der Waals surface area contributed by atoms with Crippen molar-refractivity contribution < 1.29 is 18.7 Å². The van der Waals surface area contributed by atoms with Gasteiger partial charge in [0.15, 0.2) is 0 Å². The predicted octanol–water partition coefficient (Wildman–Crippen LogP) is 5.17. The van der Waals surface area contributed by atoms with E-state index in [1.807, 2.05) is 12.1 Å². The molecule has 0 aliphatic heterocycles. The molecule has 0 spiro atoms. The summed E-state index contributed by atoms with van der Waals surface area (Å²) in [6.45, 7) is 1.39. The quantitative estimate of drug-likeness (QED) is 0.551. The van der Waals surface area contributed by atoms with Crippen LogP contribution in [0.25, 0.3) is 16.5 Å². The molecular formula is C22H19FN2O3S. The van der Waals surface area contributed by atoms with Crippen LogP contribution in [0.3, 0.4) is 0 Å². The van der Waals surface area contributed by atoms with Crippen LogP contribution < -0.4 is 15.4 Å². The van der Waals surface area contributed by atoms with E-state index in [-0.39, 0.29) is 17.6 Å². The molecule has 1 aromatic heterocycles. The molecule has 1 heterocycles. The van der Waals surface area contributed by atoms with Gasteiger partial charge in [0.1, 0.15) is 11.6 Å². The molecule has 0 radical (unpaired) electrons. The first-order chi connectivity index (χ1) is 13.9. The van der Waals surface area contributed by atoms with Gasteiger partial charge in [0.05, 0.1) is 18.5 Å². The molecule has 0 bridgehead atoms. The summed E-state index contributed by atoms with van der Waals surface area (Å²) in [6, 6.07) is 15.1. The first-order valence-corrected chi connectivity index (χ1v) is 9.57. The van der Waals surface area contributed by atoms with Crippen LogP contribution in [-0.4, -0.2) is 18.9 Å². The van der Waals surface area contributed by atoms with Gasteiger partial charge in [-0.1, -0.05) is 12.1 Å². The van der Waals surface area contributed by atoms with Crippen LogP contribution >= 0.6 is 11.3 Å². The third kappa shape index (κ3) is 5.52. The van der Waals surface area contributed by atoms with Crippen molar-refractivity contribution in [1.29, 1.82) is 0 Å². The number of thiophene rings is 1. The van der Waals surface area contributed by atoms with Crippen LogP contribution in [0.15, 0.2) is 60.7 Å². The molecule has 0 atom stereocenters. The minimum atomic E-state index is -0.346. The van der Waals surface area contributed by atoms with Crippen molar-refractivity contribution in [3.05, 3.63) is 71.4 Å². The summed E-state index contributed by atoms with van der Waals surface area (Å²) in [5.74, 6) is -0.312. The number of ether oxygens (including phenoxy) is 1. The average molecular weight is 410 g/mol. The monoisotopic (exact) mass is 410 g/mol. The summed E-state index contributed by atoms with van der Waals surface area (Å²) >= 11 is 1.49. The van der Waals surface area contributed by atoms with E-state index in [4.69, 9.17) is 4.74 Å². The fourth-order valence-corrected chi connectivity index (χ4v) is 3.51. The lowest BCUT2D eigenvalue weighted by Gasteiger charge is -2.12. The van der Waals surface area contributed by atoms with Gasteiger partial charge in [0, 0.05) is 28.8 Å². The van der Waals surface area contributed by atoms with Crippen molar-refractivity contribution in [2.24, 2.45) is 0 Å².